The SMILES string of the molecule is COc1ccccc1OCc1ccc(C(=O)Nc2c(C(N)=O)sc3nc(C(F)F)cc(-c4ccco4)c23)o1. The van der Waals surface area contributed by atoms with E-state index in [1.807, 2.05) is 0 Å². The van der Waals surface area contributed by atoms with Gasteiger partial charge in [-0.25, -0.2) is 13.8 Å². The van der Waals surface area contributed by atoms with Gasteiger partial charge in [-0.2, -0.15) is 0 Å². The van der Waals surface area contributed by atoms with E-state index in [1.54, 1.807) is 42.5 Å². The van der Waals surface area contributed by atoms with Gasteiger partial charge in [-0.05, 0) is 42.5 Å². The number of nitrogens with two attached hydrogens (primary N) is 1. The number of ether oxygens (including phenoxy) is 2. The molecule has 9 nitrogen and oxygen atoms in total. The van der Waals surface area contributed by atoms with E-state index < -0.39 is 23.9 Å². The van der Waals surface area contributed by atoms with Gasteiger partial charge < -0.3 is 29.4 Å². The molecule has 0 spiro atoms. The number of furan rings is 2. The molecule has 3 N–H and O–H groups in total. The molecule has 0 atom stereocenters. The van der Waals surface area contributed by atoms with E-state index in [0.717, 1.165) is 17.4 Å². The predicted octanol–water partition coefficient (Wildman–Crippen LogP) is 6.03. The van der Waals surface area contributed by atoms with Gasteiger partial charge in [-0.3, -0.25) is 9.59 Å². The van der Waals surface area contributed by atoms with Crippen molar-refractivity contribution in [2.45, 2.75) is 13.0 Å². The first kappa shape index (κ1) is 25.0. The van der Waals surface area contributed by atoms with Gasteiger partial charge >= 0.3 is 0 Å². The van der Waals surface area contributed by atoms with Crippen molar-refractivity contribution in [1.29, 1.82) is 0 Å². The zero-order valence-electron chi connectivity index (χ0n) is 19.7. The molecule has 38 heavy (non-hydrogen) atoms. The standard InChI is InChI=1S/C26H19F2N3O6S/c1-34-17-5-2-3-6-18(17)36-12-13-8-9-19(37-13)25(33)31-21-20-14(16-7-4-10-35-16)11-15(23(27)28)30-26(20)38-22(21)24(29)32/h2-11,23H,12H2,1H3,(H2,29,32)(H,31,33). The quantitative estimate of drug-likeness (QED) is 0.234. The van der Waals surface area contributed by atoms with E-state index in [0.29, 0.717) is 17.3 Å². The van der Waals surface area contributed by atoms with Gasteiger partial charge in [0.05, 0.1) is 19.1 Å². The van der Waals surface area contributed by atoms with Crippen LogP contribution in [0, 0.1) is 0 Å². The third-order valence-electron chi connectivity index (χ3n) is 5.48. The summed E-state index contributed by atoms with van der Waals surface area (Å²) in [6.45, 7) is 0.0184. The van der Waals surface area contributed by atoms with E-state index in [4.69, 9.17) is 24.0 Å². The Balaban J connectivity index is 1.47. The number of alkyl halides is 2. The Morgan fingerprint density at radius 3 is 2.61 bits per heavy atom. The summed E-state index contributed by atoms with van der Waals surface area (Å²) in [6.07, 6.45) is -1.49. The predicted molar refractivity (Wildman–Crippen MR) is 135 cm³/mol. The lowest BCUT2D eigenvalue weighted by atomic mass is 10.1. The average Bonchev–Trinajstić information content (AvgIpc) is 3.67. The number of hydrogen-bond acceptors (Lipinski definition) is 8. The Hall–Kier alpha value is -4.71. The molecule has 0 radical (unpaired) electrons. The average molecular weight is 540 g/mol. The van der Waals surface area contributed by atoms with Crippen molar-refractivity contribution in [3.05, 3.63) is 83.0 Å². The normalized spacial score (nSPS) is 11.2. The van der Waals surface area contributed by atoms with Crippen molar-refractivity contribution in [2.24, 2.45) is 5.73 Å². The monoisotopic (exact) mass is 539 g/mol. The molecule has 5 aromatic rings. The lowest BCUT2D eigenvalue weighted by Gasteiger charge is -2.09. The highest BCUT2D eigenvalue weighted by Gasteiger charge is 2.26. The number of amides is 2. The minimum Gasteiger partial charge on any atom is -0.493 e. The van der Waals surface area contributed by atoms with Crippen LogP contribution in [0.3, 0.4) is 0 Å². The maximum atomic E-state index is 13.6. The fourth-order valence-electron chi connectivity index (χ4n) is 3.79. The maximum absolute atomic E-state index is 13.6. The number of anilines is 1. The number of primary amides is 1. The third-order valence-corrected chi connectivity index (χ3v) is 6.58. The van der Waals surface area contributed by atoms with Crippen LogP contribution in [0.15, 0.2) is 69.7 Å². The summed E-state index contributed by atoms with van der Waals surface area (Å²) >= 11 is 0.789. The zero-order valence-corrected chi connectivity index (χ0v) is 20.5. The largest absolute Gasteiger partial charge is 0.493 e. The Bertz CT molecular complexity index is 1630. The van der Waals surface area contributed by atoms with Crippen LogP contribution in [0.25, 0.3) is 21.5 Å². The number of nitrogens with zero attached hydrogens (tertiary/aromatic N) is 1. The lowest BCUT2D eigenvalue weighted by molar-refractivity contribution is 0.0992. The summed E-state index contributed by atoms with van der Waals surface area (Å²) < 4.78 is 49.1. The van der Waals surface area contributed by atoms with Crippen molar-refractivity contribution < 1.29 is 36.7 Å². The first-order valence-electron chi connectivity index (χ1n) is 11.1. The fraction of sp³-hybridized carbons (Fsp3) is 0.115. The number of hydrogen-bond donors (Lipinski definition) is 2. The van der Waals surface area contributed by atoms with Gasteiger partial charge in [-0.15, -0.1) is 11.3 Å². The van der Waals surface area contributed by atoms with E-state index in [-0.39, 0.29) is 44.5 Å². The van der Waals surface area contributed by atoms with E-state index in [2.05, 4.69) is 10.3 Å². The van der Waals surface area contributed by atoms with Crippen LogP contribution in [-0.2, 0) is 6.61 Å². The number of thiophene rings is 1. The molecule has 0 saturated heterocycles. The molecule has 12 heteroatoms. The van der Waals surface area contributed by atoms with Crippen LogP contribution in [0.1, 0.15) is 38.1 Å². The number of fused-ring (bicyclic) bond motifs is 1. The highest BCUT2D eigenvalue weighted by molar-refractivity contribution is 7.21. The van der Waals surface area contributed by atoms with Crippen LogP contribution < -0.4 is 20.5 Å². The second kappa shape index (κ2) is 10.3. The second-order valence-corrected chi connectivity index (χ2v) is 8.88. The Labute approximate surface area is 217 Å². The molecule has 0 aliphatic carbocycles. The molecule has 4 aromatic heterocycles. The highest BCUT2D eigenvalue weighted by atomic mass is 32.1. The van der Waals surface area contributed by atoms with Gasteiger partial charge in [0.25, 0.3) is 18.2 Å². The molecular formula is C26H19F2N3O6S. The van der Waals surface area contributed by atoms with Crippen LogP contribution in [0.4, 0.5) is 14.5 Å². The fourth-order valence-corrected chi connectivity index (χ4v) is 4.80. The first-order valence-corrected chi connectivity index (χ1v) is 11.9. The van der Waals surface area contributed by atoms with E-state index in [1.165, 1.54) is 19.4 Å². The summed E-state index contributed by atoms with van der Waals surface area (Å²) in [5.41, 5.74) is 5.28. The zero-order chi connectivity index (χ0) is 26.8. The molecule has 0 aliphatic rings. The van der Waals surface area contributed by atoms with Gasteiger partial charge in [0, 0.05) is 10.9 Å². The lowest BCUT2D eigenvalue weighted by Crippen LogP contribution is -2.16. The number of carbonyl (C=O) groups excluding carboxylic acids is 2. The number of rotatable bonds is 9. The molecule has 0 bridgehead atoms. The van der Waals surface area contributed by atoms with Gasteiger partial charge in [0.15, 0.2) is 17.3 Å². The number of para-hydroxylation sites is 2. The van der Waals surface area contributed by atoms with Crippen LogP contribution in [-0.4, -0.2) is 23.9 Å². The minimum atomic E-state index is -2.87. The molecule has 194 valence electrons. The molecule has 5 rings (SSSR count). The van der Waals surface area contributed by atoms with Crippen molar-refractivity contribution in [1.82, 2.24) is 4.98 Å². The van der Waals surface area contributed by atoms with E-state index >= 15 is 0 Å². The number of benzene rings is 1. The Morgan fingerprint density at radius 2 is 1.92 bits per heavy atom. The topological polar surface area (TPSA) is 130 Å². The first-order chi connectivity index (χ1) is 18.4. The van der Waals surface area contributed by atoms with Crippen molar-refractivity contribution in [3.63, 3.8) is 0 Å². The minimum absolute atomic E-state index is 0.0184. The molecule has 2 amide bonds. The molecule has 0 aliphatic heterocycles. The van der Waals surface area contributed by atoms with Crippen LogP contribution in [0.2, 0.25) is 0 Å². The molecule has 4 heterocycles. The summed E-state index contributed by atoms with van der Waals surface area (Å²) in [6, 6.07) is 14.4. The molecule has 0 saturated carbocycles. The Morgan fingerprint density at radius 1 is 1.13 bits per heavy atom. The molecular weight excluding hydrogens is 520 g/mol. The van der Waals surface area contributed by atoms with Gasteiger partial charge in [0.1, 0.15) is 33.5 Å². The molecule has 0 unspecified atom stereocenters. The van der Waals surface area contributed by atoms with Gasteiger partial charge in [0.2, 0.25) is 0 Å². The van der Waals surface area contributed by atoms with Crippen molar-refractivity contribution in [2.75, 3.05) is 12.4 Å². The third kappa shape index (κ3) is 4.81. The summed E-state index contributed by atoms with van der Waals surface area (Å²) in [4.78, 5) is 29.3. The van der Waals surface area contributed by atoms with Gasteiger partial charge in [-0.1, -0.05) is 12.1 Å². The number of aromatic nitrogens is 1. The maximum Gasteiger partial charge on any atom is 0.291 e. The number of methoxy groups -OCH3 is 1. The second-order valence-electron chi connectivity index (χ2n) is 7.88. The number of pyridine rings is 1. The number of nitrogens with one attached hydrogen (secondary N) is 1. The molecule has 1 aromatic carbocycles. The smallest absolute Gasteiger partial charge is 0.291 e. The summed E-state index contributed by atoms with van der Waals surface area (Å²) in [7, 11) is 1.52. The molecule has 0 fully saturated rings. The Kier molecular flexibility index (Phi) is 6.79. The number of halogens is 2. The van der Waals surface area contributed by atoms with Crippen LogP contribution in [0.5, 0.6) is 11.5 Å². The summed E-state index contributed by atoms with van der Waals surface area (Å²) in [5.74, 6) is 0.000700. The van der Waals surface area contributed by atoms with Crippen molar-refractivity contribution >= 4 is 39.1 Å². The van der Waals surface area contributed by atoms with Crippen LogP contribution >= 0.6 is 11.3 Å². The van der Waals surface area contributed by atoms with E-state index in [9.17, 15) is 18.4 Å². The van der Waals surface area contributed by atoms with Crippen molar-refractivity contribution in [3.8, 4) is 22.8 Å². The number of carbonyl (C=O) groups is 2. The summed E-state index contributed by atoms with van der Waals surface area (Å²) in [5, 5.41) is 2.87. The highest BCUT2D eigenvalue weighted by Crippen LogP contribution is 2.42.